The monoisotopic (exact) mass is 378 g/mol. The van der Waals surface area contributed by atoms with Gasteiger partial charge in [-0.25, -0.2) is 22.2 Å². The lowest BCUT2D eigenvalue weighted by Crippen LogP contribution is -2.42. The number of hydrogen-bond acceptors (Lipinski definition) is 4. The minimum absolute atomic E-state index is 0.0834. The van der Waals surface area contributed by atoms with Gasteiger partial charge in [0.25, 0.3) is 15.9 Å². The van der Waals surface area contributed by atoms with Gasteiger partial charge in [-0.3, -0.25) is 10.2 Å². The Labute approximate surface area is 147 Å². The van der Waals surface area contributed by atoms with E-state index < -0.39 is 33.1 Å². The number of carbonyl (C=O) groups is 1. The molecule has 0 aliphatic rings. The van der Waals surface area contributed by atoms with Gasteiger partial charge in [0, 0.05) is 5.56 Å². The van der Waals surface area contributed by atoms with Gasteiger partial charge >= 0.3 is 0 Å². The van der Waals surface area contributed by atoms with E-state index in [4.69, 9.17) is 0 Å². The number of nitrogens with one attached hydrogen (secondary N) is 3. The summed E-state index contributed by atoms with van der Waals surface area (Å²) in [5.74, 6) is -3.56. The first-order valence-corrected chi connectivity index (χ1v) is 8.72. The number of H-pyrrole nitrogens is 1. The van der Waals surface area contributed by atoms with E-state index in [9.17, 15) is 22.0 Å². The number of nitrogens with zero attached hydrogens (tertiary/aromatic N) is 1. The fourth-order valence-electron chi connectivity index (χ4n) is 2.21. The third-order valence-corrected chi connectivity index (χ3v) is 4.72. The topological polar surface area (TPSA) is 104 Å². The number of imidazole rings is 1. The van der Waals surface area contributed by atoms with Crippen molar-refractivity contribution in [3.05, 3.63) is 72.2 Å². The van der Waals surface area contributed by atoms with Gasteiger partial charge in [0.15, 0.2) is 0 Å². The maximum atomic E-state index is 14.6. The summed E-state index contributed by atoms with van der Waals surface area (Å²) >= 11 is 0. The molecule has 0 fully saturated rings. The van der Waals surface area contributed by atoms with E-state index in [0.29, 0.717) is 0 Å². The highest BCUT2D eigenvalue weighted by Gasteiger charge is 2.23. The summed E-state index contributed by atoms with van der Waals surface area (Å²) in [7, 11) is -4.09. The Morgan fingerprint density at radius 3 is 2.46 bits per heavy atom. The normalized spacial score (nSPS) is 11.3. The fourth-order valence-corrected chi connectivity index (χ4v) is 3.07. The van der Waals surface area contributed by atoms with Crippen LogP contribution in [0, 0.1) is 11.6 Å². The molecule has 26 heavy (non-hydrogen) atoms. The zero-order chi connectivity index (χ0) is 18.7. The van der Waals surface area contributed by atoms with Crippen LogP contribution in [0.3, 0.4) is 0 Å². The van der Waals surface area contributed by atoms with Crippen molar-refractivity contribution in [3.8, 4) is 11.3 Å². The molecule has 1 amide bonds. The number of benzene rings is 2. The molecule has 0 spiro atoms. The van der Waals surface area contributed by atoms with Crippen LogP contribution in [0.1, 0.15) is 10.4 Å². The second-order valence-corrected chi connectivity index (χ2v) is 6.80. The lowest BCUT2D eigenvalue weighted by molar-refractivity contribution is 0.0936. The van der Waals surface area contributed by atoms with Crippen LogP contribution in [0.4, 0.5) is 8.78 Å². The Hall–Kier alpha value is -3.11. The second-order valence-electron chi connectivity index (χ2n) is 5.12. The summed E-state index contributed by atoms with van der Waals surface area (Å²) in [6.45, 7) is 0. The summed E-state index contributed by atoms with van der Waals surface area (Å²) in [5, 5.41) is 0. The highest BCUT2D eigenvalue weighted by molar-refractivity contribution is 7.89. The summed E-state index contributed by atoms with van der Waals surface area (Å²) in [6.07, 6.45) is 2.60. The number of aromatic nitrogens is 2. The zero-order valence-electron chi connectivity index (χ0n) is 13.0. The van der Waals surface area contributed by atoms with E-state index in [1.165, 1.54) is 36.8 Å². The molecule has 0 bridgehead atoms. The summed E-state index contributed by atoms with van der Waals surface area (Å²) in [5.41, 5.74) is 1.04. The van der Waals surface area contributed by atoms with Crippen LogP contribution in [-0.2, 0) is 10.0 Å². The number of hydrogen-bond donors (Lipinski definition) is 3. The largest absolute Gasteiger partial charge is 0.345 e. The predicted molar refractivity (Wildman–Crippen MR) is 88.2 cm³/mol. The number of hydrazine groups is 1. The van der Waals surface area contributed by atoms with Crippen LogP contribution < -0.4 is 10.3 Å². The van der Waals surface area contributed by atoms with E-state index in [2.05, 4.69) is 9.97 Å². The third kappa shape index (κ3) is 3.46. The number of sulfonamides is 1. The van der Waals surface area contributed by atoms with Crippen molar-refractivity contribution in [1.82, 2.24) is 20.2 Å². The van der Waals surface area contributed by atoms with E-state index >= 15 is 0 Å². The fraction of sp³-hybridized carbons (Fsp3) is 0. The molecule has 0 aliphatic heterocycles. The SMILES string of the molecule is O=C(NNS(=O)(=O)c1ccccc1)c1c(F)ccc(-c2cnc[nH]2)c1F. The average molecular weight is 378 g/mol. The van der Waals surface area contributed by atoms with Crippen molar-refractivity contribution in [3.63, 3.8) is 0 Å². The third-order valence-electron chi connectivity index (χ3n) is 3.46. The summed E-state index contributed by atoms with van der Waals surface area (Å²) < 4.78 is 52.7. The number of halogens is 2. The molecule has 3 rings (SSSR count). The molecule has 0 unspecified atom stereocenters. The van der Waals surface area contributed by atoms with Gasteiger partial charge in [-0.15, -0.1) is 4.83 Å². The Kier molecular flexibility index (Phi) is 4.78. The van der Waals surface area contributed by atoms with Crippen LogP contribution in [0.5, 0.6) is 0 Å². The zero-order valence-corrected chi connectivity index (χ0v) is 13.8. The van der Waals surface area contributed by atoms with Crippen molar-refractivity contribution in [2.45, 2.75) is 4.90 Å². The molecule has 3 aromatic rings. The first-order chi connectivity index (χ1) is 12.4. The Morgan fingerprint density at radius 1 is 1.08 bits per heavy atom. The average Bonchev–Trinajstić information content (AvgIpc) is 3.15. The number of amides is 1. The molecule has 7 nitrogen and oxygen atoms in total. The molecule has 0 atom stereocenters. The van der Waals surface area contributed by atoms with Crippen molar-refractivity contribution >= 4 is 15.9 Å². The van der Waals surface area contributed by atoms with Gasteiger partial charge in [0.05, 0.1) is 23.1 Å². The molecule has 0 saturated heterocycles. The summed E-state index contributed by atoms with van der Waals surface area (Å²) in [4.78, 5) is 20.2. The van der Waals surface area contributed by atoms with E-state index in [1.54, 1.807) is 10.9 Å². The van der Waals surface area contributed by atoms with Crippen LogP contribution in [0.2, 0.25) is 0 Å². The van der Waals surface area contributed by atoms with E-state index in [-0.39, 0.29) is 16.2 Å². The number of carbonyl (C=O) groups excluding carboxylic acids is 1. The molecule has 0 radical (unpaired) electrons. The quantitative estimate of drug-likeness (QED) is 0.591. The van der Waals surface area contributed by atoms with Crippen LogP contribution in [0.25, 0.3) is 11.3 Å². The molecular weight excluding hydrogens is 366 g/mol. The standard InChI is InChI=1S/C16H12F2N4O3S/c17-12-7-6-11(13-8-19-9-20-13)15(18)14(12)16(23)21-22-26(24,25)10-4-2-1-3-5-10/h1-9,22H,(H,19,20)(H,21,23). The molecule has 134 valence electrons. The van der Waals surface area contributed by atoms with Crippen molar-refractivity contribution in [2.75, 3.05) is 0 Å². The Morgan fingerprint density at radius 2 is 1.81 bits per heavy atom. The minimum atomic E-state index is -4.09. The molecule has 0 saturated carbocycles. The summed E-state index contributed by atoms with van der Waals surface area (Å²) in [6, 6.07) is 9.24. The first-order valence-electron chi connectivity index (χ1n) is 7.24. The van der Waals surface area contributed by atoms with Gasteiger partial charge in [0.1, 0.15) is 17.2 Å². The van der Waals surface area contributed by atoms with Crippen LogP contribution >= 0.6 is 0 Å². The smallest absolute Gasteiger partial charge is 0.272 e. The minimum Gasteiger partial charge on any atom is -0.345 e. The second kappa shape index (κ2) is 7.02. The molecule has 10 heteroatoms. The van der Waals surface area contributed by atoms with Gasteiger partial charge in [0.2, 0.25) is 0 Å². The highest BCUT2D eigenvalue weighted by atomic mass is 32.2. The van der Waals surface area contributed by atoms with Crippen LogP contribution in [-0.4, -0.2) is 24.3 Å². The van der Waals surface area contributed by atoms with E-state index in [1.807, 2.05) is 5.43 Å². The van der Waals surface area contributed by atoms with E-state index in [0.717, 1.165) is 12.1 Å². The molecule has 2 aromatic carbocycles. The van der Waals surface area contributed by atoms with Crippen LogP contribution in [0.15, 0.2) is 59.9 Å². The van der Waals surface area contributed by atoms with Gasteiger partial charge < -0.3 is 4.98 Å². The molecule has 3 N–H and O–H groups in total. The maximum Gasteiger partial charge on any atom is 0.272 e. The first kappa shape index (κ1) is 17.7. The lowest BCUT2D eigenvalue weighted by atomic mass is 10.1. The van der Waals surface area contributed by atoms with Gasteiger partial charge in [-0.05, 0) is 24.3 Å². The van der Waals surface area contributed by atoms with Gasteiger partial charge in [-0.2, -0.15) is 0 Å². The molecule has 1 aromatic heterocycles. The molecule has 1 heterocycles. The van der Waals surface area contributed by atoms with Gasteiger partial charge in [-0.1, -0.05) is 18.2 Å². The number of rotatable bonds is 5. The Bertz CT molecular complexity index is 1040. The molecule has 0 aliphatic carbocycles. The van der Waals surface area contributed by atoms with Crippen molar-refractivity contribution in [1.29, 1.82) is 0 Å². The predicted octanol–water partition coefficient (Wildman–Crippen LogP) is 1.98. The number of aromatic amines is 1. The maximum absolute atomic E-state index is 14.6. The highest BCUT2D eigenvalue weighted by Crippen LogP contribution is 2.25. The Balaban J connectivity index is 1.86. The van der Waals surface area contributed by atoms with Crippen molar-refractivity contribution in [2.24, 2.45) is 0 Å². The lowest BCUT2D eigenvalue weighted by Gasteiger charge is -2.11. The van der Waals surface area contributed by atoms with Crippen molar-refractivity contribution < 1.29 is 22.0 Å². The molecular formula is C16H12F2N4O3S.